The summed E-state index contributed by atoms with van der Waals surface area (Å²) in [5, 5.41) is 8.89. The highest BCUT2D eigenvalue weighted by molar-refractivity contribution is 7.89. The van der Waals surface area contributed by atoms with Gasteiger partial charge < -0.3 is 10.8 Å². The Bertz CT molecular complexity index is 527. The summed E-state index contributed by atoms with van der Waals surface area (Å²) in [6.07, 6.45) is 0.415. The number of nitrogens with zero attached hydrogens (tertiary/aromatic N) is 1. The van der Waals surface area contributed by atoms with Gasteiger partial charge in [-0.3, -0.25) is 0 Å². The molecule has 0 aromatic heterocycles. The molecule has 3 N–H and O–H groups in total. The van der Waals surface area contributed by atoms with Crippen LogP contribution >= 0.6 is 0 Å². The van der Waals surface area contributed by atoms with Crippen LogP contribution in [0.1, 0.15) is 25.8 Å². The molecule has 0 radical (unpaired) electrons. The molecular weight excluding hydrogens is 264 g/mol. The third kappa shape index (κ3) is 3.68. The Morgan fingerprint density at radius 3 is 2.53 bits per heavy atom. The van der Waals surface area contributed by atoms with Crippen molar-refractivity contribution in [1.29, 1.82) is 0 Å². The molecular formula is C13H22N2O3S. The van der Waals surface area contributed by atoms with Gasteiger partial charge in [0.05, 0.1) is 4.90 Å². The van der Waals surface area contributed by atoms with E-state index in [1.807, 2.05) is 13.8 Å². The maximum absolute atomic E-state index is 12.6. The molecule has 0 unspecified atom stereocenters. The zero-order valence-corrected chi connectivity index (χ0v) is 12.4. The Kier molecular flexibility index (Phi) is 5.34. The lowest BCUT2D eigenvalue weighted by atomic mass is 10.2. The van der Waals surface area contributed by atoms with Gasteiger partial charge in [0.25, 0.3) is 0 Å². The first-order valence-electron chi connectivity index (χ1n) is 6.29. The summed E-state index contributed by atoms with van der Waals surface area (Å²) in [6.45, 7) is 5.64. The Morgan fingerprint density at radius 1 is 1.37 bits per heavy atom. The fourth-order valence-corrected chi connectivity index (χ4v) is 3.84. The van der Waals surface area contributed by atoms with Crippen molar-refractivity contribution in [2.75, 3.05) is 18.9 Å². The molecule has 19 heavy (non-hydrogen) atoms. The molecule has 108 valence electrons. The van der Waals surface area contributed by atoms with E-state index in [2.05, 4.69) is 0 Å². The predicted octanol–water partition coefficient (Wildman–Crippen LogP) is 1.36. The lowest BCUT2D eigenvalue weighted by Gasteiger charge is -2.26. The molecule has 5 nitrogen and oxygen atoms in total. The lowest BCUT2D eigenvalue weighted by Crippen LogP contribution is -2.38. The highest BCUT2D eigenvalue weighted by Crippen LogP contribution is 2.24. The molecule has 1 aromatic rings. The molecule has 1 rings (SSSR count). The average molecular weight is 286 g/mol. The Morgan fingerprint density at radius 2 is 2.00 bits per heavy atom. The zero-order chi connectivity index (χ0) is 14.6. The molecule has 0 aliphatic carbocycles. The van der Waals surface area contributed by atoms with Gasteiger partial charge in [0.1, 0.15) is 0 Å². The van der Waals surface area contributed by atoms with E-state index in [0.29, 0.717) is 24.2 Å². The third-order valence-corrected chi connectivity index (χ3v) is 5.13. The van der Waals surface area contributed by atoms with Gasteiger partial charge in [-0.25, -0.2) is 8.42 Å². The molecule has 1 aromatic carbocycles. The molecule has 0 bridgehead atoms. The van der Waals surface area contributed by atoms with E-state index in [9.17, 15) is 8.42 Å². The molecule has 0 aliphatic heterocycles. The monoisotopic (exact) mass is 286 g/mol. The minimum absolute atomic E-state index is 0.0331. The lowest BCUT2D eigenvalue weighted by molar-refractivity contribution is 0.258. The van der Waals surface area contributed by atoms with Crippen molar-refractivity contribution in [1.82, 2.24) is 4.31 Å². The second-order valence-electron chi connectivity index (χ2n) is 4.81. The molecule has 0 saturated carbocycles. The van der Waals surface area contributed by atoms with Crippen LogP contribution in [0.25, 0.3) is 0 Å². The second-order valence-corrected chi connectivity index (χ2v) is 6.67. The molecule has 0 heterocycles. The summed E-state index contributed by atoms with van der Waals surface area (Å²) in [7, 11) is -3.58. The number of aryl methyl sites for hydroxylation is 1. The fraction of sp³-hybridized carbons (Fsp3) is 0.538. The maximum atomic E-state index is 12.6. The van der Waals surface area contributed by atoms with Crippen LogP contribution in [-0.4, -0.2) is 37.0 Å². The first-order chi connectivity index (χ1) is 8.80. The first kappa shape index (κ1) is 15.9. The Hall–Kier alpha value is -1.11. The van der Waals surface area contributed by atoms with Crippen molar-refractivity contribution in [3.05, 3.63) is 23.8 Å². The van der Waals surface area contributed by atoms with E-state index >= 15 is 0 Å². The van der Waals surface area contributed by atoms with Gasteiger partial charge in [-0.05, 0) is 44.9 Å². The standard InChI is InChI=1S/C13H22N2O3S/c1-10(2)15(7-4-8-16)19(17,18)13-9-12(14)6-5-11(13)3/h5-6,9-10,16H,4,7-8,14H2,1-3H3. The number of rotatable bonds is 6. The van der Waals surface area contributed by atoms with Crippen LogP contribution in [0.4, 0.5) is 5.69 Å². The summed E-state index contributed by atoms with van der Waals surface area (Å²) >= 11 is 0. The molecule has 0 saturated heterocycles. The molecule has 0 amide bonds. The van der Waals surface area contributed by atoms with Crippen LogP contribution in [0.3, 0.4) is 0 Å². The Labute approximate surface area is 115 Å². The average Bonchev–Trinajstić information content (AvgIpc) is 2.32. The van der Waals surface area contributed by atoms with Gasteiger partial charge in [0, 0.05) is 24.9 Å². The number of benzene rings is 1. The van der Waals surface area contributed by atoms with Crippen LogP contribution in [-0.2, 0) is 10.0 Å². The SMILES string of the molecule is Cc1ccc(N)cc1S(=O)(=O)N(CCCO)C(C)C. The van der Waals surface area contributed by atoms with Crippen molar-refractivity contribution < 1.29 is 13.5 Å². The molecule has 6 heteroatoms. The molecule has 0 atom stereocenters. The van der Waals surface area contributed by atoms with Crippen LogP contribution in [0.5, 0.6) is 0 Å². The van der Waals surface area contributed by atoms with Gasteiger partial charge in [-0.1, -0.05) is 6.07 Å². The number of hydrogen-bond donors (Lipinski definition) is 2. The van der Waals surface area contributed by atoms with Gasteiger partial charge in [-0.2, -0.15) is 4.31 Å². The van der Waals surface area contributed by atoms with Gasteiger partial charge in [-0.15, -0.1) is 0 Å². The van der Waals surface area contributed by atoms with Gasteiger partial charge >= 0.3 is 0 Å². The number of aliphatic hydroxyl groups excluding tert-OH is 1. The topological polar surface area (TPSA) is 83.6 Å². The smallest absolute Gasteiger partial charge is 0.243 e. The second kappa shape index (κ2) is 6.36. The van der Waals surface area contributed by atoms with E-state index in [1.165, 1.54) is 10.4 Å². The summed E-state index contributed by atoms with van der Waals surface area (Å²) in [5.41, 5.74) is 6.77. The Balaban J connectivity index is 3.22. The number of hydrogen-bond acceptors (Lipinski definition) is 4. The summed E-state index contributed by atoms with van der Waals surface area (Å²) in [5.74, 6) is 0. The minimum Gasteiger partial charge on any atom is -0.399 e. The van der Waals surface area contributed by atoms with Gasteiger partial charge in [0.15, 0.2) is 0 Å². The van der Waals surface area contributed by atoms with Crippen molar-refractivity contribution in [3.63, 3.8) is 0 Å². The van der Waals surface area contributed by atoms with Crippen LogP contribution in [0.2, 0.25) is 0 Å². The molecule has 0 aliphatic rings. The normalized spacial score (nSPS) is 12.3. The predicted molar refractivity (Wildman–Crippen MR) is 76.3 cm³/mol. The van der Waals surface area contributed by atoms with E-state index in [0.717, 1.165) is 0 Å². The van der Waals surface area contributed by atoms with Gasteiger partial charge in [0.2, 0.25) is 10.0 Å². The molecule has 0 fully saturated rings. The highest BCUT2D eigenvalue weighted by Gasteiger charge is 2.27. The summed E-state index contributed by atoms with van der Waals surface area (Å²) < 4.78 is 26.7. The quantitative estimate of drug-likeness (QED) is 0.773. The number of nitrogen functional groups attached to an aromatic ring is 1. The van der Waals surface area contributed by atoms with E-state index in [4.69, 9.17) is 10.8 Å². The number of aliphatic hydroxyl groups is 1. The van der Waals surface area contributed by atoms with Crippen molar-refractivity contribution in [3.8, 4) is 0 Å². The fourth-order valence-electron chi connectivity index (χ4n) is 1.90. The van der Waals surface area contributed by atoms with Crippen LogP contribution in [0, 0.1) is 6.92 Å². The maximum Gasteiger partial charge on any atom is 0.243 e. The van der Waals surface area contributed by atoms with Crippen molar-refractivity contribution in [2.24, 2.45) is 0 Å². The summed E-state index contributed by atoms with van der Waals surface area (Å²) in [6, 6.07) is 4.70. The zero-order valence-electron chi connectivity index (χ0n) is 11.6. The van der Waals surface area contributed by atoms with Crippen LogP contribution in [0.15, 0.2) is 23.1 Å². The highest BCUT2D eigenvalue weighted by atomic mass is 32.2. The third-order valence-electron chi connectivity index (χ3n) is 2.91. The van der Waals surface area contributed by atoms with Crippen LogP contribution < -0.4 is 5.73 Å². The molecule has 0 spiro atoms. The van der Waals surface area contributed by atoms with E-state index < -0.39 is 10.0 Å². The minimum atomic E-state index is -3.58. The number of sulfonamides is 1. The van der Waals surface area contributed by atoms with E-state index in [1.54, 1.807) is 19.1 Å². The van der Waals surface area contributed by atoms with Crippen molar-refractivity contribution >= 4 is 15.7 Å². The largest absolute Gasteiger partial charge is 0.399 e. The van der Waals surface area contributed by atoms with Crippen molar-refractivity contribution in [2.45, 2.75) is 38.1 Å². The van der Waals surface area contributed by atoms with E-state index in [-0.39, 0.29) is 17.5 Å². The number of nitrogens with two attached hydrogens (primary N) is 1. The number of anilines is 1. The first-order valence-corrected chi connectivity index (χ1v) is 7.73. The summed E-state index contributed by atoms with van der Waals surface area (Å²) in [4.78, 5) is 0.235.